The molecule has 2 atom stereocenters. The van der Waals surface area contributed by atoms with Gasteiger partial charge in [0.25, 0.3) is 5.91 Å². The molecule has 0 aliphatic carbocycles. The molecule has 0 fully saturated rings. The van der Waals surface area contributed by atoms with Crippen molar-refractivity contribution in [3.8, 4) is 0 Å². The summed E-state index contributed by atoms with van der Waals surface area (Å²) in [6.07, 6.45) is 1.64. The zero-order valence-electron chi connectivity index (χ0n) is 12.2. The summed E-state index contributed by atoms with van der Waals surface area (Å²) in [5, 5.41) is 5.61. The maximum atomic E-state index is 12.0. The molecule has 1 heterocycles. The molecule has 1 amide bonds. The van der Waals surface area contributed by atoms with E-state index in [-0.39, 0.29) is 18.0 Å². The summed E-state index contributed by atoms with van der Waals surface area (Å²) in [6, 6.07) is 11.3. The molecular weight excluding hydrogens is 288 g/mol. The van der Waals surface area contributed by atoms with Crippen molar-refractivity contribution in [1.82, 2.24) is 5.32 Å². The van der Waals surface area contributed by atoms with Crippen molar-refractivity contribution in [2.45, 2.75) is 25.9 Å². The summed E-state index contributed by atoms with van der Waals surface area (Å²) in [5.41, 5.74) is 1.03. The van der Waals surface area contributed by atoms with Crippen LogP contribution >= 0.6 is 11.6 Å². The molecule has 0 bridgehead atoms. The van der Waals surface area contributed by atoms with Gasteiger partial charge in [-0.25, -0.2) is 0 Å². The van der Waals surface area contributed by atoms with Crippen LogP contribution in [0.25, 0.3) is 0 Å². The van der Waals surface area contributed by atoms with Crippen LogP contribution in [0.4, 0.5) is 0 Å². The molecule has 0 spiro atoms. The number of nitrogens with two attached hydrogens (primary N) is 1. The number of benzene rings is 1. The molecular formula is C16H20ClN2O2+. The van der Waals surface area contributed by atoms with Gasteiger partial charge in [-0.3, -0.25) is 4.79 Å². The van der Waals surface area contributed by atoms with E-state index in [1.165, 1.54) is 0 Å². The largest absolute Gasteiger partial charge is 0.463 e. The molecule has 112 valence electrons. The second kappa shape index (κ2) is 7.29. The van der Waals surface area contributed by atoms with E-state index in [4.69, 9.17) is 16.0 Å². The number of hydrogen-bond donors (Lipinski definition) is 2. The molecule has 5 heteroatoms. The predicted octanol–water partition coefficient (Wildman–Crippen LogP) is 2.43. The lowest BCUT2D eigenvalue weighted by atomic mass is 10.1. The first-order chi connectivity index (χ1) is 10.1. The fourth-order valence-electron chi connectivity index (χ4n) is 2.09. The van der Waals surface area contributed by atoms with E-state index in [9.17, 15) is 4.79 Å². The van der Waals surface area contributed by atoms with E-state index in [0.29, 0.717) is 11.6 Å². The Balaban J connectivity index is 1.80. The molecule has 0 saturated carbocycles. The van der Waals surface area contributed by atoms with Crippen LogP contribution in [0.5, 0.6) is 0 Å². The number of nitrogens with one attached hydrogen (secondary N) is 1. The van der Waals surface area contributed by atoms with Gasteiger partial charge in [-0.15, -0.1) is 0 Å². The van der Waals surface area contributed by atoms with Gasteiger partial charge in [-0.05, 0) is 43.7 Å². The number of carbonyl (C=O) groups excluding carboxylic acids is 1. The van der Waals surface area contributed by atoms with Crippen molar-refractivity contribution in [3.05, 3.63) is 59.0 Å². The Labute approximate surface area is 129 Å². The van der Waals surface area contributed by atoms with Gasteiger partial charge < -0.3 is 15.1 Å². The Morgan fingerprint density at radius 2 is 2.00 bits per heavy atom. The van der Waals surface area contributed by atoms with E-state index in [0.717, 1.165) is 11.3 Å². The maximum Gasteiger partial charge on any atom is 0.275 e. The van der Waals surface area contributed by atoms with Gasteiger partial charge in [0.2, 0.25) is 0 Å². The molecule has 4 nitrogen and oxygen atoms in total. The molecule has 1 aromatic heterocycles. The van der Waals surface area contributed by atoms with E-state index < -0.39 is 0 Å². The normalized spacial score (nSPS) is 13.7. The Bertz CT molecular complexity index is 566. The van der Waals surface area contributed by atoms with Crippen molar-refractivity contribution in [2.24, 2.45) is 0 Å². The first-order valence-corrected chi connectivity index (χ1v) is 7.35. The maximum absolute atomic E-state index is 12.0. The molecule has 0 unspecified atom stereocenters. The van der Waals surface area contributed by atoms with Crippen LogP contribution in [0, 0.1) is 0 Å². The average molecular weight is 308 g/mol. The Morgan fingerprint density at radius 3 is 2.62 bits per heavy atom. The highest BCUT2D eigenvalue weighted by Crippen LogP contribution is 2.15. The van der Waals surface area contributed by atoms with Crippen LogP contribution in [0.3, 0.4) is 0 Å². The molecule has 3 N–H and O–H groups in total. The number of amides is 1. The topological polar surface area (TPSA) is 58.9 Å². The SMILES string of the molecule is C[C@H]([NH2+]CC(=O)N[C@H](C)c1ccc(Cl)cc1)c1ccco1. The van der Waals surface area contributed by atoms with Crippen molar-refractivity contribution < 1.29 is 14.5 Å². The highest BCUT2D eigenvalue weighted by atomic mass is 35.5. The third-order valence-electron chi connectivity index (χ3n) is 3.40. The number of hydrogen-bond acceptors (Lipinski definition) is 2. The predicted molar refractivity (Wildman–Crippen MR) is 81.9 cm³/mol. The minimum atomic E-state index is -0.0397. The van der Waals surface area contributed by atoms with Gasteiger partial charge in [0, 0.05) is 5.02 Å². The van der Waals surface area contributed by atoms with E-state index in [1.807, 2.05) is 55.6 Å². The molecule has 1 aromatic carbocycles. The summed E-state index contributed by atoms with van der Waals surface area (Å²) in [6.45, 7) is 4.33. The molecule has 0 radical (unpaired) electrons. The quantitative estimate of drug-likeness (QED) is 0.861. The lowest BCUT2D eigenvalue weighted by Crippen LogP contribution is -2.87. The van der Waals surface area contributed by atoms with Gasteiger partial charge in [0.15, 0.2) is 12.3 Å². The highest BCUT2D eigenvalue weighted by molar-refractivity contribution is 6.30. The van der Waals surface area contributed by atoms with E-state index >= 15 is 0 Å². The smallest absolute Gasteiger partial charge is 0.275 e. The van der Waals surface area contributed by atoms with Gasteiger partial charge in [-0.1, -0.05) is 23.7 Å². The second-order valence-corrected chi connectivity index (χ2v) is 5.52. The Kier molecular flexibility index (Phi) is 5.42. The standard InChI is InChI=1S/C16H19ClN2O2/c1-11(13-5-7-14(17)8-6-13)19-16(20)10-18-12(2)15-4-3-9-21-15/h3-9,11-12,18H,10H2,1-2H3,(H,19,20)/p+1/t11-,12+/m1/s1. The molecule has 0 aliphatic heterocycles. The van der Waals surface area contributed by atoms with Crippen molar-refractivity contribution in [3.63, 3.8) is 0 Å². The molecule has 21 heavy (non-hydrogen) atoms. The van der Waals surface area contributed by atoms with Crippen LogP contribution in [0.15, 0.2) is 47.1 Å². The molecule has 0 saturated heterocycles. The molecule has 0 aliphatic rings. The van der Waals surface area contributed by atoms with Crippen LogP contribution in [0.1, 0.15) is 37.3 Å². The number of rotatable bonds is 6. The van der Waals surface area contributed by atoms with Gasteiger partial charge >= 0.3 is 0 Å². The van der Waals surface area contributed by atoms with Crippen LogP contribution < -0.4 is 10.6 Å². The summed E-state index contributed by atoms with van der Waals surface area (Å²) in [4.78, 5) is 12.0. The highest BCUT2D eigenvalue weighted by Gasteiger charge is 2.15. The number of carbonyl (C=O) groups is 1. The summed E-state index contributed by atoms with van der Waals surface area (Å²) in [5.74, 6) is 0.865. The second-order valence-electron chi connectivity index (χ2n) is 5.08. The summed E-state index contributed by atoms with van der Waals surface area (Å²) in [7, 11) is 0. The number of halogens is 1. The van der Waals surface area contributed by atoms with Crippen molar-refractivity contribution in [2.75, 3.05) is 6.54 Å². The van der Waals surface area contributed by atoms with E-state index in [2.05, 4.69) is 5.32 Å². The summed E-state index contributed by atoms with van der Waals surface area (Å²) >= 11 is 5.85. The fraction of sp³-hybridized carbons (Fsp3) is 0.312. The van der Waals surface area contributed by atoms with Gasteiger partial charge in [-0.2, -0.15) is 0 Å². The Hall–Kier alpha value is -1.78. The first-order valence-electron chi connectivity index (χ1n) is 6.98. The lowest BCUT2D eigenvalue weighted by molar-refractivity contribution is -0.684. The number of furan rings is 1. The monoisotopic (exact) mass is 307 g/mol. The van der Waals surface area contributed by atoms with Crippen molar-refractivity contribution >= 4 is 17.5 Å². The molecule has 2 rings (SSSR count). The summed E-state index contributed by atoms with van der Waals surface area (Å²) < 4.78 is 5.31. The minimum Gasteiger partial charge on any atom is -0.463 e. The molecule has 2 aromatic rings. The van der Waals surface area contributed by atoms with Crippen molar-refractivity contribution in [1.29, 1.82) is 0 Å². The minimum absolute atomic E-state index is 0.00384. The zero-order chi connectivity index (χ0) is 15.2. The van der Waals surface area contributed by atoms with Gasteiger partial charge in [0.05, 0.1) is 12.3 Å². The number of quaternary nitrogens is 1. The van der Waals surface area contributed by atoms with E-state index in [1.54, 1.807) is 6.26 Å². The average Bonchev–Trinajstić information content (AvgIpc) is 2.99. The fourth-order valence-corrected chi connectivity index (χ4v) is 2.21. The third kappa shape index (κ3) is 4.62. The zero-order valence-corrected chi connectivity index (χ0v) is 12.9. The van der Waals surface area contributed by atoms with Gasteiger partial charge in [0.1, 0.15) is 6.04 Å². The van der Waals surface area contributed by atoms with Crippen LogP contribution in [0.2, 0.25) is 5.02 Å². The van der Waals surface area contributed by atoms with Crippen LogP contribution in [-0.2, 0) is 4.79 Å². The Morgan fingerprint density at radius 1 is 1.29 bits per heavy atom. The van der Waals surface area contributed by atoms with Crippen LogP contribution in [-0.4, -0.2) is 12.5 Å². The lowest BCUT2D eigenvalue weighted by Gasteiger charge is -2.14. The third-order valence-corrected chi connectivity index (χ3v) is 3.65. The first kappa shape index (κ1) is 15.6.